The summed E-state index contributed by atoms with van der Waals surface area (Å²) < 4.78 is 5.40. The van der Waals surface area contributed by atoms with E-state index in [2.05, 4.69) is 30.5 Å². The van der Waals surface area contributed by atoms with Gasteiger partial charge in [-0.3, -0.25) is 0 Å². The maximum Gasteiger partial charge on any atom is 0.233 e. The van der Waals surface area contributed by atoms with Gasteiger partial charge < -0.3 is 25.4 Å². The van der Waals surface area contributed by atoms with Crippen molar-refractivity contribution in [1.82, 2.24) is 15.0 Å². The number of aliphatic hydroxyl groups is 1. The van der Waals surface area contributed by atoms with Crippen LogP contribution < -0.4 is 15.5 Å². The third-order valence-electron chi connectivity index (χ3n) is 3.79. The van der Waals surface area contributed by atoms with Crippen LogP contribution in [0, 0.1) is 0 Å². The number of aromatic nitrogens is 3. The Kier molecular flexibility index (Phi) is 5.30. The second kappa shape index (κ2) is 7.62. The molecular weight excluding hydrogens is 320 g/mol. The molecule has 1 aliphatic rings. The third kappa shape index (κ3) is 4.77. The lowest BCUT2D eigenvalue weighted by atomic mass is 10.1. The highest BCUT2D eigenvalue weighted by molar-refractivity contribution is 5.55. The number of anilines is 4. The summed E-state index contributed by atoms with van der Waals surface area (Å²) in [5, 5.41) is 15.9. The van der Waals surface area contributed by atoms with Crippen molar-refractivity contribution in [3.05, 3.63) is 30.3 Å². The number of morpholine rings is 1. The van der Waals surface area contributed by atoms with E-state index in [1.807, 2.05) is 44.2 Å². The second-order valence-electron chi connectivity index (χ2n) is 6.54. The van der Waals surface area contributed by atoms with Crippen LogP contribution in [-0.2, 0) is 4.74 Å². The molecule has 0 radical (unpaired) electrons. The van der Waals surface area contributed by atoms with Crippen LogP contribution in [0.4, 0.5) is 23.5 Å². The fourth-order valence-electron chi connectivity index (χ4n) is 2.37. The average molecular weight is 344 g/mol. The van der Waals surface area contributed by atoms with Gasteiger partial charge in [0.2, 0.25) is 17.8 Å². The maximum atomic E-state index is 9.50. The molecule has 1 aliphatic heterocycles. The lowest BCUT2D eigenvalue weighted by Gasteiger charge is -2.28. The molecular formula is C17H24N6O2. The standard InChI is InChI=1S/C17H24N6O2/c1-17(2,12-24)22-15-19-14(18-13-6-4-3-5-7-13)20-16(21-15)23-8-10-25-11-9-23/h3-7,24H,8-12H2,1-2H3,(H2,18,19,20,21,22). The van der Waals surface area contributed by atoms with Crippen LogP contribution in [0.15, 0.2) is 30.3 Å². The molecule has 0 bridgehead atoms. The molecule has 3 rings (SSSR count). The number of nitrogens with one attached hydrogen (secondary N) is 2. The lowest BCUT2D eigenvalue weighted by Crippen LogP contribution is -2.39. The van der Waals surface area contributed by atoms with Crippen LogP contribution in [0.5, 0.6) is 0 Å². The third-order valence-corrected chi connectivity index (χ3v) is 3.79. The topological polar surface area (TPSA) is 95.4 Å². The first-order chi connectivity index (χ1) is 12.1. The normalized spacial score (nSPS) is 15.1. The lowest BCUT2D eigenvalue weighted by molar-refractivity contribution is 0.122. The fourth-order valence-corrected chi connectivity index (χ4v) is 2.37. The van der Waals surface area contributed by atoms with Gasteiger partial charge in [-0.05, 0) is 26.0 Å². The van der Waals surface area contributed by atoms with E-state index < -0.39 is 5.54 Å². The van der Waals surface area contributed by atoms with E-state index >= 15 is 0 Å². The number of nitrogens with zero attached hydrogens (tertiary/aromatic N) is 4. The predicted molar refractivity (Wildman–Crippen MR) is 97.4 cm³/mol. The minimum absolute atomic E-state index is 0.0347. The van der Waals surface area contributed by atoms with Crippen molar-refractivity contribution in [2.45, 2.75) is 19.4 Å². The first-order valence-corrected chi connectivity index (χ1v) is 8.36. The van der Waals surface area contributed by atoms with Crippen LogP contribution in [0.2, 0.25) is 0 Å². The monoisotopic (exact) mass is 344 g/mol. The van der Waals surface area contributed by atoms with E-state index in [4.69, 9.17) is 4.74 Å². The Morgan fingerprint density at radius 1 is 1.08 bits per heavy atom. The molecule has 1 aromatic carbocycles. The van der Waals surface area contributed by atoms with E-state index in [1.165, 1.54) is 0 Å². The summed E-state index contributed by atoms with van der Waals surface area (Å²) in [7, 11) is 0. The molecule has 1 saturated heterocycles. The van der Waals surface area contributed by atoms with E-state index in [0.29, 0.717) is 31.1 Å². The zero-order chi connectivity index (χ0) is 17.7. The zero-order valence-electron chi connectivity index (χ0n) is 14.6. The first kappa shape index (κ1) is 17.4. The summed E-state index contributed by atoms with van der Waals surface area (Å²) in [6.45, 7) is 6.50. The van der Waals surface area contributed by atoms with E-state index in [1.54, 1.807) is 0 Å². The largest absolute Gasteiger partial charge is 0.394 e. The Morgan fingerprint density at radius 3 is 2.44 bits per heavy atom. The highest BCUT2D eigenvalue weighted by atomic mass is 16.5. The summed E-state index contributed by atoms with van der Waals surface area (Å²) in [6.07, 6.45) is 0. The predicted octanol–water partition coefficient (Wildman–Crippen LogP) is 1.63. The van der Waals surface area contributed by atoms with Crippen LogP contribution in [0.1, 0.15) is 13.8 Å². The van der Waals surface area contributed by atoms with E-state index in [9.17, 15) is 5.11 Å². The molecule has 0 spiro atoms. The molecule has 8 heteroatoms. The summed E-state index contributed by atoms with van der Waals surface area (Å²) in [5.41, 5.74) is 0.363. The minimum atomic E-state index is -0.534. The molecule has 3 N–H and O–H groups in total. The van der Waals surface area contributed by atoms with Gasteiger partial charge in [-0.15, -0.1) is 0 Å². The summed E-state index contributed by atoms with van der Waals surface area (Å²) in [6, 6.07) is 9.74. The van der Waals surface area contributed by atoms with Gasteiger partial charge in [-0.2, -0.15) is 15.0 Å². The molecule has 0 atom stereocenters. The number of hydrogen-bond acceptors (Lipinski definition) is 8. The molecule has 1 aromatic heterocycles. The number of aliphatic hydroxyl groups excluding tert-OH is 1. The molecule has 0 aliphatic carbocycles. The molecule has 1 fully saturated rings. The Labute approximate surface area is 147 Å². The van der Waals surface area contributed by atoms with Crippen molar-refractivity contribution in [3.63, 3.8) is 0 Å². The van der Waals surface area contributed by atoms with Gasteiger partial charge in [-0.1, -0.05) is 18.2 Å². The number of ether oxygens (including phenoxy) is 1. The van der Waals surface area contributed by atoms with Crippen molar-refractivity contribution in [3.8, 4) is 0 Å². The Morgan fingerprint density at radius 2 is 1.76 bits per heavy atom. The van der Waals surface area contributed by atoms with Gasteiger partial charge in [0, 0.05) is 18.8 Å². The van der Waals surface area contributed by atoms with Gasteiger partial charge in [0.1, 0.15) is 0 Å². The van der Waals surface area contributed by atoms with E-state index in [0.717, 1.165) is 18.8 Å². The van der Waals surface area contributed by atoms with Gasteiger partial charge in [0.15, 0.2) is 0 Å². The van der Waals surface area contributed by atoms with Gasteiger partial charge >= 0.3 is 0 Å². The molecule has 0 saturated carbocycles. The number of benzene rings is 1. The zero-order valence-corrected chi connectivity index (χ0v) is 14.6. The van der Waals surface area contributed by atoms with Crippen molar-refractivity contribution >= 4 is 23.5 Å². The van der Waals surface area contributed by atoms with Crippen molar-refractivity contribution in [1.29, 1.82) is 0 Å². The Balaban J connectivity index is 1.89. The summed E-state index contributed by atoms with van der Waals surface area (Å²) in [5.74, 6) is 1.47. The molecule has 0 unspecified atom stereocenters. The van der Waals surface area contributed by atoms with Crippen molar-refractivity contribution in [2.75, 3.05) is 48.4 Å². The quantitative estimate of drug-likeness (QED) is 0.728. The molecule has 2 aromatic rings. The number of rotatable bonds is 6. The SMILES string of the molecule is CC(C)(CO)Nc1nc(Nc2ccccc2)nc(N2CCOCC2)n1. The van der Waals surface area contributed by atoms with E-state index in [-0.39, 0.29) is 6.61 Å². The number of para-hydroxylation sites is 1. The van der Waals surface area contributed by atoms with Crippen LogP contribution in [0.3, 0.4) is 0 Å². The Bertz CT molecular complexity index is 689. The second-order valence-corrected chi connectivity index (χ2v) is 6.54. The molecule has 25 heavy (non-hydrogen) atoms. The first-order valence-electron chi connectivity index (χ1n) is 8.36. The fraction of sp³-hybridized carbons (Fsp3) is 0.471. The average Bonchev–Trinajstić information content (AvgIpc) is 2.63. The number of hydrogen-bond donors (Lipinski definition) is 3. The smallest absolute Gasteiger partial charge is 0.233 e. The van der Waals surface area contributed by atoms with Crippen molar-refractivity contribution in [2.24, 2.45) is 0 Å². The van der Waals surface area contributed by atoms with Gasteiger partial charge in [-0.25, -0.2) is 0 Å². The molecule has 0 amide bonds. The van der Waals surface area contributed by atoms with Crippen LogP contribution >= 0.6 is 0 Å². The summed E-state index contributed by atoms with van der Waals surface area (Å²) >= 11 is 0. The summed E-state index contributed by atoms with van der Waals surface area (Å²) in [4.78, 5) is 15.6. The molecule has 8 nitrogen and oxygen atoms in total. The van der Waals surface area contributed by atoms with Crippen molar-refractivity contribution < 1.29 is 9.84 Å². The van der Waals surface area contributed by atoms with Gasteiger partial charge in [0.05, 0.1) is 25.4 Å². The highest BCUT2D eigenvalue weighted by Gasteiger charge is 2.21. The maximum absolute atomic E-state index is 9.50. The molecule has 134 valence electrons. The Hall–Kier alpha value is -2.45. The van der Waals surface area contributed by atoms with Crippen LogP contribution in [0.25, 0.3) is 0 Å². The highest BCUT2D eigenvalue weighted by Crippen LogP contribution is 2.20. The van der Waals surface area contributed by atoms with Gasteiger partial charge in [0.25, 0.3) is 0 Å². The molecule has 2 heterocycles. The van der Waals surface area contributed by atoms with Crippen LogP contribution in [-0.4, -0.2) is 58.5 Å². The minimum Gasteiger partial charge on any atom is -0.394 e.